The SMILES string of the molecule is O=C(c1ccc(C(F)(F)F)cc1)N1CCS[C@@H]1c1cccs1. The lowest BCUT2D eigenvalue weighted by molar-refractivity contribution is -0.137. The van der Waals surface area contributed by atoms with Crippen molar-refractivity contribution >= 4 is 29.0 Å². The minimum Gasteiger partial charge on any atom is -0.321 e. The summed E-state index contributed by atoms with van der Waals surface area (Å²) in [5.74, 6) is 0.603. The molecule has 116 valence electrons. The number of thioether (sulfide) groups is 1. The highest BCUT2D eigenvalue weighted by atomic mass is 32.2. The fraction of sp³-hybridized carbons (Fsp3) is 0.267. The molecule has 22 heavy (non-hydrogen) atoms. The van der Waals surface area contributed by atoms with Gasteiger partial charge in [-0.05, 0) is 35.7 Å². The topological polar surface area (TPSA) is 20.3 Å². The van der Waals surface area contributed by atoms with Gasteiger partial charge >= 0.3 is 6.18 Å². The minimum absolute atomic E-state index is 0.0465. The smallest absolute Gasteiger partial charge is 0.321 e. The average Bonchev–Trinajstić information content (AvgIpc) is 3.16. The monoisotopic (exact) mass is 343 g/mol. The molecule has 0 bridgehead atoms. The largest absolute Gasteiger partial charge is 0.416 e. The van der Waals surface area contributed by atoms with Crippen LogP contribution in [0.4, 0.5) is 13.2 Å². The third-order valence-corrected chi connectivity index (χ3v) is 5.71. The van der Waals surface area contributed by atoms with Crippen LogP contribution < -0.4 is 0 Å². The second kappa shape index (κ2) is 5.96. The zero-order chi connectivity index (χ0) is 15.7. The van der Waals surface area contributed by atoms with Crippen molar-refractivity contribution in [1.29, 1.82) is 0 Å². The molecule has 0 N–H and O–H groups in total. The number of amides is 1. The first-order chi connectivity index (χ1) is 10.5. The molecule has 1 saturated heterocycles. The summed E-state index contributed by atoms with van der Waals surface area (Å²) in [6.07, 6.45) is -4.38. The summed E-state index contributed by atoms with van der Waals surface area (Å²) in [6.45, 7) is 0.604. The number of thiophene rings is 1. The summed E-state index contributed by atoms with van der Waals surface area (Å²) in [7, 11) is 0. The fourth-order valence-electron chi connectivity index (χ4n) is 2.31. The van der Waals surface area contributed by atoms with Crippen LogP contribution in [0.15, 0.2) is 41.8 Å². The number of nitrogens with zero attached hydrogens (tertiary/aromatic N) is 1. The molecule has 2 aromatic rings. The summed E-state index contributed by atoms with van der Waals surface area (Å²) < 4.78 is 37.7. The van der Waals surface area contributed by atoms with Crippen LogP contribution in [0.5, 0.6) is 0 Å². The molecular formula is C15H12F3NOS2. The van der Waals surface area contributed by atoms with Crippen molar-refractivity contribution in [3.63, 3.8) is 0 Å². The summed E-state index contributed by atoms with van der Waals surface area (Å²) >= 11 is 3.25. The van der Waals surface area contributed by atoms with Crippen LogP contribution in [0.2, 0.25) is 0 Å². The Morgan fingerprint density at radius 3 is 2.50 bits per heavy atom. The van der Waals surface area contributed by atoms with Crippen LogP contribution in [0.3, 0.4) is 0 Å². The van der Waals surface area contributed by atoms with Crippen molar-refractivity contribution < 1.29 is 18.0 Å². The first-order valence-electron chi connectivity index (χ1n) is 6.60. The van der Waals surface area contributed by atoms with E-state index in [4.69, 9.17) is 0 Å². The predicted molar refractivity (Wildman–Crippen MR) is 82.0 cm³/mol. The van der Waals surface area contributed by atoms with Crippen LogP contribution >= 0.6 is 23.1 Å². The quantitative estimate of drug-likeness (QED) is 0.791. The average molecular weight is 343 g/mol. The van der Waals surface area contributed by atoms with E-state index in [0.717, 1.165) is 22.8 Å². The number of carbonyl (C=O) groups is 1. The molecule has 0 spiro atoms. The number of alkyl halides is 3. The van der Waals surface area contributed by atoms with Gasteiger partial charge in [0.1, 0.15) is 5.37 Å². The lowest BCUT2D eigenvalue weighted by atomic mass is 10.1. The Bertz CT molecular complexity index is 652. The van der Waals surface area contributed by atoms with Gasteiger partial charge in [0.2, 0.25) is 0 Å². The van der Waals surface area contributed by atoms with Crippen LogP contribution in [0.1, 0.15) is 26.2 Å². The van der Waals surface area contributed by atoms with E-state index in [9.17, 15) is 18.0 Å². The molecule has 0 radical (unpaired) electrons. The molecule has 7 heteroatoms. The molecule has 0 saturated carbocycles. The van der Waals surface area contributed by atoms with Crippen molar-refractivity contribution in [2.45, 2.75) is 11.6 Å². The van der Waals surface area contributed by atoms with Crippen LogP contribution in [0.25, 0.3) is 0 Å². The maximum absolute atomic E-state index is 12.6. The Morgan fingerprint density at radius 1 is 1.18 bits per heavy atom. The van der Waals surface area contributed by atoms with Crippen molar-refractivity contribution in [3.05, 3.63) is 57.8 Å². The predicted octanol–water partition coefficient (Wildman–Crippen LogP) is 4.65. The lowest BCUT2D eigenvalue weighted by Crippen LogP contribution is -2.30. The van der Waals surface area contributed by atoms with E-state index in [1.54, 1.807) is 28.0 Å². The molecule has 1 amide bonds. The molecule has 2 heterocycles. The minimum atomic E-state index is -4.38. The van der Waals surface area contributed by atoms with Gasteiger partial charge in [-0.2, -0.15) is 13.2 Å². The van der Waals surface area contributed by atoms with Gasteiger partial charge in [-0.25, -0.2) is 0 Å². The zero-order valence-electron chi connectivity index (χ0n) is 11.3. The summed E-state index contributed by atoms with van der Waals surface area (Å²) in [5, 5.41) is 1.91. The summed E-state index contributed by atoms with van der Waals surface area (Å²) in [5.41, 5.74) is -0.452. The van der Waals surface area contributed by atoms with Crippen LogP contribution in [-0.4, -0.2) is 23.1 Å². The first-order valence-corrected chi connectivity index (χ1v) is 8.53. The normalized spacial score (nSPS) is 18.7. The molecule has 1 fully saturated rings. The third kappa shape index (κ3) is 3.01. The number of halogens is 3. The standard InChI is InChI=1S/C15H12F3NOS2/c16-15(17,18)11-5-3-10(4-6-11)13(20)19-7-9-22-14(19)12-2-1-8-21-12/h1-6,8,14H,7,9H2/t14-/m1/s1. The summed E-state index contributed by atoms with van der Waals surface area (Å²) in [6, 6.07) is 8.31. The molecule has 1 aromatic carbocycles. The van der Waals surface area contributed by atoms with E-state index in [2.05, 4.69) is 0 Å². The van der Waals surface area contributed by atoms with Crippen molar-refractivity contribution in [2.24, 2.45) is 0 Å². The van der Waals surface area contributed by atoms with E-state index in [1.807, 2.05) is 17.5 Å². The molecule has 1 aliphatic heterocycles. The zero-order valence-corrected chi connectivity index (χ0v) is 13.0. The van der Waals surface area contributed by atoms with Crippen molar-refractivity contribution in [2.75, 3.05) is 12.3 Å². The molecular weight excluding hydrogens is 331 g/mol. The Morgan fingerprint density at radius 2 is 1.91 bits per heavy atom. The Kier molecular flexibility index (Phi) is 4.18. The summed E-state index contributed by atoms with van der Waals surface area (Å²) in [4.78, 5) is 15.4. The molecule has 2 nitrogen and oxygen atoms in total. The molecule has 0 unspecified atom stereocenters. The van der Waals surface area contributed by atoms with Crippen LogP contribution in [-0.2, 0) is 6.18 Å². The first kappa shape index (κ1) is 15.4. The van der Waals surface area contributed by atoms with Gasteiger partial charge in [-0.15, -0.1) is 23.1 Å². The van der Waals surface area contributed by atoms with Gasteiger partial charge in [0.15, 0.2) is 0 Å². The van der Waals surface area contributed by atoms with Crippen molar-refractivity contribution in [1.82, 2.24) is 4.90 Å². The van der Waals surface area contributed by atoms with Gasteiger partial charge in [0.05, 0.1) is 5.56 Å². The van der Waals surface area contributed by atoms with Gasteiger partial charge in [-0.1, -0.05) is 6.07 Å². The van der Waals surface area contributed by atoms with Gasteiger partial charge in [0.25, 0.3) is 5.91 Å². The highest BCUT2D eigenvalue weighted by molar-refractivity contribution is 7.99. The highest BCUT2D eigenvalue weighted by Gasteiger charge is 2.33. The Balaban J connectivity index is 1.81. The number of benzene rings is 1. The molecule has 1 atom stereocenters. The highest BCUT2D eigenvalue weighted by Crippen LogP contribution is 2.40. The molecule has 1 aliphatic rings. The molecule has 3 rings (SSSR count). The molecule has 0 aliphatic carbocycles. The van der Waals surface area contributed by atoms with Gasteiger partial charge in [0, 0.05) is 22.7 Å². The van der Waals surface area contributed by atoms with E-state index in [1.165, 1.54) is 12.1 Å². The van der Waals surface area contributed by atoms with Crippen molar-refractivity contribution in [3.8, 4) is 0 Å². The van der Waals surface area contributed by atoms with E-state index >= 15 is 0 Å². The number of hydrogen-bond donors (Lipinski definition) is 0. The number of carbonyl (C=O) groups excluding carboxylic acids is 1. The fourth-order valence-corrected chi connectivity index (χ4v) is 4.55. The Labute approximate surface area is 133 Å². The van der Waals surface area contributed by atoms with Crippen LogP contribution in [0, 0.1) is 0 Å². The van der Waals surface area contributed by atoms with E-state index in [-0.39, 0.29) is 16.8 Å². The number of hydrogen-bond acceptors (Lipinski definition) is 3. The second-order valence-corrected chi connectivity index (χ2v) is 6.98. The lowest BCUT2D eigenvalue weighted by Gasteiger charge is -2.23. The van der Waals surface area contributed by atoms with E-state index in [0.29, 0.717) is 6.54 Å². The van der Waals surface area contributed by atoms with Gasteiger partial charge < -0.3 is 4.90 Å². The maximum atomic E-state index is 12.6. The Hall–Kier alpha value is -1.47. The second-order valence-electron chi connectivity index (χ2n) is 4.81. The van der Waals surface area contributed by atoms with E-state index < -0.39 is 11.7 Å². The van der Waals surface area contributed by atoms with Gasteiger partial charge in [-0.3, -0.25) is 4.79 Å². The third-order valence-electron chi connectivity index (χ3n) is 3.40. The number of rotatable bonds is 2. The maximum Gasteiger partial charge on any atom is 0.416 e. The molecule has 1 aromatic heterocycles.